The van der Waals surface area contributed by atoms with Crippen LogP contribution in [0.5, 0.6) is 0 Å². The Morgan fingerprint density at radius 3 is 1.52 bits per heavy atom. The molecule has 0 saturated carbocycles. The van der Waals surface area contributed by atoms with Crippen molar-refractivity contribution in [2.75, 3.05) is 4.90 Å². The molecule has 1 heterocycles. The Bertz CT molecular complexity index is 3120. The molecule has 1 aromatic heterocycles. The lowest BCUT2D eigenvalue weighted by Gasteiger charge is -2.45. The van der Waals surface area contributed by atoms with Gasteiger partial charge in [0.15, 0.2) is 0 Å². The molecule has 0 bridgehead atoms. The fourth-order valence-corrected chi connectivity index (χ4v) is 9.54. The highest BCUT2D eigenvalue weighted by Crippen LogP contribution is 2.48. The summed E-state index contributed by atoms with van der Waals surface area (Å²) >= 11 is 0. The van der Waals surface area contributed by atoms with E-state index in [4.69, 9.17) is 0 Å². The molecule has 1 aliphatic rings. The van der Waals surface area contributed by atoms with Crippen molar-refractivity contribution in [3.05, 3.63) is 236 Å². The van der Waals surface area contributed by atoms with Crippen LogP contribution in [0.2, 0.25) is 0 Å². The summed E-state index contributed by atoms with van der Waals surface area (Å²) in [4.78, 5) is 2.55. The molecule has 0 radical (unpaired) electrons. The average molecular weight is 741 g/mol. The number of hydrogen-bond acceptors (Lipinski definition) is 1. The number of nitrogens with zero attached hydrogens (tertiary/aromatic N) is 2. The van der Waals surface area contributed by atoms with Crippen LogP contribution in [0.15, 0.2) is 231 Å². The Balaban J connectivity index is 1.10. The van der Waals surface area contributed by atoms with Gasteiger partial charge in [0, 0.05) is 27.8 Å². The van der Waals surface area contributed by atoms with Crippen LogP contribution in [0.1, 0.15) is 12.0 Å². The Hall–Kier alpha value is -7.42. The molecule has 2 nitrogen and oxygen atoms in total. The summed E-state index contributed by atoms with van der Waals surface area (Å²) in [6.45, 7) is 0. The molecule has 0 spiro atoms. The van der Waals surface area contributed by atoms with Crippen LogP contribution in [-0.4, -0.2) is 4.57 Å². The van der Waals surface area contributed by atoms with E-state index in [0.29, 0.717) is 0 Å². The van der Waals surface area contributed by atoms with Crippen LogP contribution in [0.3, 0.4) is 0 Å². The molecule has 0 amide bonds. The minimum absolute atomic E-state index is 0.485. The number of rotatable bonds is 7. The smallest absolute Gasteiger partial charge is 0.0923 e. The maximum absolute atomic E-state index is 2.55. The number of fused-ring (bicyclic) bond motifs is 5. The minimum atomic E-state index is -0.485. The van der Waals surface area contributed by atoms with Crippen LogP contribution in [-0.2, 0) is 5.54 Å². The van der Waals surface area contributed by atoms with Gasteiger partial charge in [0.05, 0.1) is 16.6 Å². The van der Waals surface area contributed by atoms with E-state index < -0.39 is 5.54 Å². The second-order valence-electron chi connectivity index (χ2n) is 15.3. The van der Waals surface area contributed by atoms with Crippen molar-refractivity contribution in [2.45, 2.75) is 12.0 Å². The highest BCUT2D eigenvalue weighted by Gasteiger charge is 2.38. The van der Waals surface area contributed by atoms with E-state index in [1.54, 1.807) is 0 Å². The summed E-state index contributed by atoms with van der Waals surface area (Å²) in [7, 11) is 0. The van der Waals surface area contributed by atoms with Crippen LogP contribution in [0, 0.1) is 0 Å². The third-order valence-corrected chi connectivity index (χ3v) is 12.1. The van der Waals surface area contributed by atoms with Crippen LogP contribution >= 0.6 is 0 Å². The Kier molecular flexibility index (Phi) is 8.15. The number of aromatic nitrogens is 1. The highest BCUT2D eigenvalue weighted by atomic mass is 15.2. The molecule has 1 atom stereocenters. The molecule has 11 rings (SSSR count). The number of para-hydroxylation sites is 3. The van der Waals surface area contributed by atoms with E-state index in [9.17, 15) is 0 Å². The van der Waals surface area contributed by atoms with Gasteiger partial charge in [-0.05, 0) is 104 Å². The Labute approximate surface area is 338 Å². The van der Waals surface area contributed by atoms with Crippen LogP contribution in [0.4, 0.5) is 11.4 Å². The van der Waals surface area contributed by atoms with E-state index in [0.717, 1.165) is 23.5 Å². The van der Waals surface area contributed by atoms with Gasteiger partial charge >= 0.3 is 0 Å². The number of anilines is 2. The van der Waals surface area contributed by atoms with E-state index >= 15 is 0 Å². The van der Waals surface area contributed by atoms with Crippen molar-refractivity contribution in [3.63, 3.8) is 0 Å². The molecule has 1 aliphatic carbocycles. The van der Waals surface area contributed by atoms with Gasteiger partial charge in [-0.3, -0.25) is 0 Å². The van der Waals surface area contributed by atoms with Crippen molar-refractivity contribution < 1.29 is 0 Å². The Morgan fingerprint density at radius 1 is 0.397 bits per heavy atom. The lowest BCUT2D eigenvalue weighted by molar-refractivity contribution is 0.547. The molecule has 274 valence electrons. The van der Waals surface area contributed by atoms with Gasteiger partial charge in [-0.15, -0.1) is 0 Å². The second kappa shape index (κ2) is 14.0. The molecule has 0 saturated heterocycles. The van der Waals surface area contributed by atoms with E-state index in [1.807, 2.05) is 0 Å². The monoisotopic (exact) mass is 740 g/mol. The van der Waals surface area contributed by atoms with Crippen molar-refractivity contribution in [1.29, 1.82) is 0 Å². The van der Waals surface area contributed by atoms with E-state index in [2.05, 4.69) is 240 Å². The number of allylic oxidation sites excluding steroid dienone is 2. The van der Waals surface area contributed by atoms with Gasteiger partial charge in [0.2, 0.25) is 0 Å². The predicted molar refractivity (Wildman–Crippen MR) is 246 cm³/mol. The summed E-state index contributed by atoms with van der Waals surface area (Å²) in [6.07, 6.45) is 9.92. The average Bonchev–Trinajstić information content (AvgIpc) is 3.63. The zero-order chi connectivity index (χ0) is 38.5. The van der Waals surface area contributed by atoms with E-state index in [1.165, 1.54) is 71.2 Å². The second-order valence-corrected chi connectivity index (χ2v) is 15.3. The van der Waals surface area contributed by atoms with Crippen molar-refractivity contribution >= 4 is 54.7 Å². The lowest BCUT2D eigenvalue weighted by Crippen LogP contribution is -2.42. The third kappa shape index (κ3) is 5.41. The molecule has 0 N–H and O–H groups in total. The molecular weight excluding hydrogens is 701 g/mol. The topological polar surface area (TPSA) is 8.17 Å². The molecule has 10 aromatic rings. The summed E-state index contributed by atoms with van der Waals surface area (Å²) in [5.74, 6) is 0. The highest BCUT2D eigenvalue weighted by molar-refractivity contribution is 6.21. The normalized spacial score (nSPS) is 15.1. The maximum Gasteiger partial charge on any atom is 0.0923 e. The molecule has 58 heavy (non-hydrogen) atoms. The van der Waals surface area contributed by atoms with Crippen molar-refractivity contribution in [1.82, 2.24) is 4.57 Å². The largest absolute Gasteiger partial charge is 0.327 e. The predicted octanol–water partition coefficient (Wildman–Crippen LogP) is 15.0. The summed E-state index contributed by atoms with van der Waals surface area (Å²) in [5.41, 5.74) is 11.6. The van der Waals surface area contributed by atoms with Crippen molar-refractivity contribution in [2.24, 2.45) is 0 Å². The summed E-state index contributed by atoms with van der Waals surface area (Å²) in [5, 5.41) is 7.53. The molecule has 0 fully saturated rings. The lowest BCUT2D eigenvalue weighted by atomic mass is 9.80. The molecule has 0 aliphatic heterocycles. The zero-order valence-corrected chi connectivity index (χ0v) is 32.0. The fourth-order valence-electron chi connectivity index (χ4n) is 9.54. The van der Waals surface area contributed by atoms with Crippen LogP contribution < -0.4 is 4.90 Å². The van der Waals surface area contributed by atoms with Crippen LogP contribution in [0.25, 0.3) is 71.3 Å². The first-order valence-electron chi connectivity index (χ1n) is 20.2. The minimum Gasteiger partial charge on any atom is -0.327 e. The molecular formula is C56H40N2. The van der Waals surface area contributed by atoms with Gasteiger partial charge < -0.3 is 9.47 Å². The quantitative estimate of drug-likeness (QED) is 0.148. The standard InChI is InChI=1S/C56H40N2/c1-5-19-40(20-6-1)54-47-26-11-13-28-49(47)55(50-29-14-12-27-48(50)54)41-31-33-42(34-32-41)56(37-17-4-18-38-56)58(44-23-9-3-10-24-44)45-35-36-53-51(39-45)46-25-15-16-30-52(46)57(53)43-21-7-2-8-22-43/h1-37,39H,38H2. The van der Waals surface area contributed by atoms with Gasteiger partial charge in [-0.25, -0.2) is 0 Å². The maximum atomic E-state index is 2.55. The van der Waals surface area contributed by atoms with Gasteiger partial charge in [0.25, 0.3) is 0 Å². The van der Waals surface area contributed by atoms with Gasteiger partial charge in [-0.1, -0.05) is 182 Å². The number of benzene rings is 9. The van der Waals surface area contributed by atoms with Crippen molar-refractivity contribution in [3.8, 4) is 27.9 Å². The Morgan fingerprint density at radius 2 is 0.914 bits per heavy atom. The SMILES string of the molecule is C1=CCC(c2ccc(-c3c4ccccc4c(-c4ccccc4)c4ccccc34)cc2)(N(c2ccccc2)c2ccc3c(c2)c2ccccc2n3-c2ccccc2)C=C1. The molecule has 1 unspecified atom stereocenters. The zero-order valence-electron chi connectivity index (χ0n) is 32.0. The number of hydrogen-bond donors (Lipinski definition) is 0. The molecule has 9 aromatic carbocycles. The summed E-state index contributed by atoms with van der Waals surface area (Å²) in [6, 6.07) is 75.4. The van der Waals surface area contributed by atoms with Gasteiger partial charge in [-0.2, -0.15) is 0 Å². The first-order chi connectivity index (χ1) is 28.8. The summed E-state index contributed by atoms with van der Waals surface area (Å²) < 4.78 is 2.39. The first-order valence-corrected chi connectivity index (χ1v) is 20.2. The fraction of sp³-hybridized carbons (Fsp3) is 0.0357. The molecule has 2 heteroatoms. The first kappa shape index (κ1) is 33.9. The van der Waals surface area contributed by atoms with Gasteiger partial charge in [0.1, 0.15) is 0 Å². The van der Waals surface area contributed by atoms with E-state index in [-0.39, 0.29) is 0 Å². The third-order valence-electron chi connectivity index (χ3n) is 12.1.